The van der Waals surface area contributed by atoms with Gasteiger partial charge in [-0.2, -0.15) is 0 Å². The Kier molecular flexibility index (Phi) is 36.9. The van der Waals surface area contributed by atoms with Crippen LogP contribution in [0.15, 0.2) is 0 Å². The van der Waals surface area contributed by atoms with E-state index >= 15 is 28.8 Å². The van der Waals surface area contributed by atoms with Crippen LogP contribution in [0, 0.1) is 31.1 Å². The molecular weight excluding hydrogens is 2120 g/mol. The molecule has 14 aliphatic carbocycles. The molecule has 41 heteroatoms. The third kappa shape index (κ3) is 23.5. The fourth-order valence-corrected chi connectivity index (χ4v) is 112. The molecule has 0 atom stereocenters. The standard InChI is InChI=1S/2C42H77O12Si7.C6H16N2.U/c2*43-55(36-22-8-1-9-23-36)46-58(39-28-14-4-15-29-39)48-56(44,37-24-10-2-11-25-37)50-60(41-32-18-6-19-33-41)51-57(45,38-26-12-3-13-27-38)49-59(47-55,40-30-16-5-17-31-40)53-61(52-58,54-60)42-34-20-7-21-35-42;1-7(2)5-6-8(3)4;/h2*36-42H,1-35H2;5-6H2,1-4H3;/q2*-3;;. The van der Waals surface area contributed by atoms with Crippen LogP contribution in [0.1, 0.15) is 449 Å². The first-order chi connectivity index (χ1) is 62.8. The van der Waals surface area contributed by atoms with Crippen LogP contribution in [-0.4, -0.2) is 174 Å². The summed E-state index contributed by atoms with van der Waals surface area (Å²) in [5.41, 5.74) is -4.08. The molecule has 0 amide bonds. The van der Waals surface area contributed by atoms with Crippen molar-refractivity contribution < 1.29 is 134 Å². The molecule has 0 aromatic rings. The quantitative estimate of drug-likeness (QED) is 0.122. The van der Waals surface area contributed by atoms with Crippen molar-refractivity contribution >= 4 is 123 Å². The van der Waals surface area contributed by atoms with E-state index in [0.717, 1.165) is 385 Å². The van der Waals surface area contributed by atoms with E-state index in [4.69, 9.17) is 74.1 Å². The zero-order chi connectivity index (χ0) is 89.9. The Bertz CT molecular complexity index is 2950. The van der Waals surface area contributed by atoms with Crippen molar-refractivity contribution in [3.05, 3.63) is 0 Å². The number of nitrogens with zero attached hydrogens (tertiary/aromatic N) is 2. The summed E-state index contributed by atoms with van der Waals surface area (Å²) < 4.78 is 141. The molecule has 6 heterocycles. The average molecular weight is 2300 g/mol. The number of hydrogen-bond acceptors (Lipinski definition) is 26. The molecule has 131 heavy (non-hydrogen) atoms. The van der Waals surface area contributed by atoms with Gasteiger partial charge in [-0.1, -0.05) is 270 Å². The second-order valence-corrected chi connectivity index (χ2v) is 88.6. The maximum atomic E-state index is 16.9. The van der Waals surface area contributed by atoms with Crippen LogP contribution in [-0.2, 0) is 74.1 Å². The van der Waals surface area contributed by atoms with E-state index in [1.807, 2.05) is 0 Å². The van der Waals surface area contributed by atoms with Gasteiger partial charge in [0.1, 0.15) is 0 Å². The van der Waals surface area contributed by atoms with Crippen molar-refractivity contribution in [2.24, 2.45) is 0 Å². The van der Waals surface area contributed by atoms with E-state index in [1.54, 1.807) is 0 Å². The Morgan fingerprint density at radius 3 is 0.321 bits per heavy atom. The molecule has 6 aliphatic heterocycles. The van der Waals surface area contributed by atoms with Gasteiger partial charge < -0.3 is 113 Å². The Labute approximate surface area is 828 Å². The van der Waals surface area contributed by atoms with Crippen molar-refractivity contribution in [3.8, 4) is 0 Å². The monoisotopic (exact) mass is 2290 g/mol. The van der Waals surface area contributed by atoms with Gasteiger partial charge in [-0.15, -0.1) is 0 Å². The van der Waals surface area contributed by atoms with Crippen molar-refractivity contribution in [3.63, 3.8) is 0 Å². The summed E-state index contributed by atoms with van der Waals surface area (Å²) in [7, 11) is -54.3. The SMILES string of the molecule is CN(C)CCN(C)C.[O-][Si]1(C2CCCCC2)O[Si]2(C3CCCCC3)O[Si]([O-])(C3CCCCC3)O[Si]3(C4CCCCC4)O[Si]([O-])(C4CCCCC4)O[Si](C4CCCCC4)(O1)O[Si](C1CCCCC1)(O2)O3.[O-][Si]1(C2CCCCC2)O[Si]2(C3CCCCC3)O[Si]([O-])(C3CCCCC3)O[Si]3(C4CCCCC4)O[Si]([O-])(C4CCCCC4)O[Si](C4CCCCC4)(O1)O[Si](C1CCCCC1)(O2)O3.[U]. The number of fused-ring (bicyclic) bond motifs is 6. The summed E-state index contributed by atoms with van der Waals surface area (Å²) in [4.78, 5) is 106. The Balaban J connectivity index is 0.000000168. The molecule has 750 valence electrons. The largest absolute Gasteiger partial charge is 0.817 e. The molecular formula is C90H170N2O24Si14U-6. The molecule has 26 nitrogen and oxygen atoms in total. The zero-order valence-corrected chi connectivity index (χ0v) is 99.4. The van der Waals surface area contributed by atoms with E-state index < -0.39 is 157 Å². The normalized spacial score (nSPS) is 43.2. The minimum Gasteiger partial charge on any atom is -0.817 e. The Morgan fingerprint density at radius 2 is 0.229 bits per heavy atom. The molecule has 6 saturated heterocycles. The molecule has 0 aromatic heterocycles. The van der Waals surface area contributed by atoms with Crippen molar-refractivity contribution in [2.45, 2.75) is 527 Å². The van der Waals surface area contributed by atoms with Crippen LogP contribution in [0.25, 0.3) is 0 Å². The second-order valence-electron chi connectivity index (χ2n) is 45.6. The van der Waals surface area contributed by atoms with Gasteiger partial charge in [0, 0.05) is 88.5 Å². The van der Waals surface area contributed by atoms with Crippen LogP contribution < -0.4 is 28.8 Å². The minimum atomic E-state index is -4.68. The molecule has 0 N–H and O–H groups in total. The first kappa shape index (κ1) is 105. The average Bonchev–Trinajstić information content (AvgIpc) is 0.691. The van der Waals surface area contributed by atoms with Gasteiger partial charge in [0.25, 0.3) is 0 Å². The minimum absolute atomic E-state index is 0. The molecule has 8 bridgehead atoms. The van der Waals surface area contributed by atoms with Crippen LogP contribution in [0.3, 0.4) is 0 Å². The summed E-state index contributed by atoms with van der Waals surface area (Å²) in [5, 5.41) is 0. The van der Waals surface area contributed by atoms with Gasteiger partial charge in [-0.25, -0.2) is 0 Å². The second kappa shape index (κ2) is 45.8. The molecule has 0 aromatic carbocycles. The first-order valence-electron chi connectivity index (χ1n) is 55.0. The van der Waals surface area contributed by atoms with Crippen LogP contribution >= 0.6 is 0 Å². The number of hydrogen-bond donors (Lipinski definition) is 0. The Hall–Kier alpha value is 3.05. The van der Waals surface area contributed by atoms with Crippen LogP contribution in [0.5, 0.6) is 0 Å². The number of likely N-dealkylation sites (N-methyl/N-ethyl adjacent to an activating group) is 2. The van der Waals surface area contributed by atoms with Gasteiger partial charge in [0.2, 0.25) is 52.8 Å². The van der Waals surface area contributed by atoms with Crippen molar-refractivity contribution in [2.75, 3.05) is 41.3 Å². The molecule has 20 rings (SSSR count). The fraction of sp³-hybridized carbons (Fsp3) is 1.00. The van der Waals surface area contributed by atoms with Gasteiger partial charge in [-0.05, 0) is 241 Å². The maximum absolute atomic E-state index is 16.9. The third-order valence-corrected chi connectivity index (χ3v) is 98.6. The van der Waals surface area contributed by atoms with E-state index in [-0.39, 0.29) is 75.4 Å². The molecule has 0 radical (unpaired) electrons. The maximum Gasteiger partial charge on any atom is 0.482 e. The molecule has 0 unspecified atom stereocenters. The Morgan fingerprint density at radius 1 is 0.145 bits per heavy atom. The van der Waals surface area contributed by atoms with Gasteiger partial charge in [-0.3, -0.25) is 0 Å². The summed E-state index contributed by atoms with van der Waals surface area (Å²) in [5.74, 6) is 0. The predicted molar refractivity (Wildman–Crippen MR) is 513 cm³/mol. The third-order valence-electron chi connectivity index (χ3n) is 35.6. The van der Waals surface area contributed by atoms with E-state index in [0.29, 0.717) is 77.0 Å². The van der Waals surface area contributed by atoms with Crippen LogP contribution in [0.2, 0.25) is 77.6 Å². The topological polar surface area (TPSA) is 311 Å². The van der Waals surface area contributed by atoms with Gasteiger partial charge >= 0.3 is 70.4 Å². The van der Waals surface area contributed by atoms with Crippen LogP contribution in [0.4, 0.5) is 0 Å². The first-order valence-corrected chi connectivity index (χ1v) is 80.2. The molecule has 0 spiro atoms. The summed E-state index contributed by atoms with van der Waals surface area (Å²) >= 11 is 0. The van der Waals surface area contributed by atoms with E-state index in [9.17, 15) is 0 Å². The molecule has 20 aliphatic rings. The predicted octanol–water partition coefficient (Wildman–Crippen LogP) is 18.4. The summed E-state index contributed by atoms with van der Waals surface area (Å²) in [6, 6.07) is 0. The number of rotatable bonds is 17. The van der Waals surface area contributed by atoms with E-state index in [2.05, 4.69) is 38.0 Å². The fourth-order valence-electron chi connectivity index (χ4n) is 28.0. The van der Waals surface area contributed by atoms with Gasteiger partial charge in [0.05, 0.1) is 0 Å². The zero-order valence-electron chi connectivity index (χ0n) is 81.2. The van der Waals surface area contributed by atoms with Crippen molar-refractivity contribution in [1.29, 1.82) is 0 Å². The summed E-state index contributed by atoms with van der Waals surface area (Å²) in [6.45, 7) is 2.29. The smallest absolute Gasteiger partial charge is 0.482 e. The summed E-state index contributed by atoms with van der Waals surface area (Å²) in [6.07, 6.45) is 62.6. The molecule has 14 saturated carbocycles. The molecule has 20 fully saturated rings. The van der Waals surface area contributed by atoms with E-state index in [1.165, 1.54) is 0 Å². The van der Waals surface area contributed by atoms with Gasteiger partial charge in [0.15, 0.2) is 0 Å². The van der Waals surface area contributed by atoms with Crippen molar-refractivity contribution in [1.82, 2.24) is 9.80 Å².